The molecule has 0 atom stereocenters. The molecule has 1 heteroatoms. The van der Waals surface area contributed by atoms with Crippen LogP contribution in [0.1, 0.15) is 42.5 Å². The van der Waals surface area contributed by atoms with Gasteiger partial charge in [0.05, 0.1) is 0 Å². The van der Waals surface area contributed by atoms with Gasteiger partial charge in [0.1, 0.15) is 0 Å². The second-order valence-corrected chi connectivity index (χ2v) is 2.23. The van der Waals surface area contributed by atoms with Gasteiger partial charge in [0, 0.05) is 32.7 Å². The van der Waals surface area contributed by atoms with E-state index in [0.29, 0.717) is 0 Å². The van der Waals surface area contributed by atoms with Gasteiger partial charge in [-0.05, 0) is 0 Å². The van der Waals surface area contributed by atoms with Crippen molar-refractivity contribution in [1.29, 1.82) is 0 Å². The van der Waals surface area contributed by atoms with Crippen LogP contribution in [0.5, 0.6) is 0 Å². The second kappa shape index (κ2) is 11.8. The summed E-state index contributed by atoms with van der Waals surface area (Å²) in [5.74, 6) is 2.28. The third-order valence-corrected chi connectivity index (χ3v) is 1.15. The number of hydrogen-bond acceptors (Lipinski definition) is 0. The summed E-state index contributed by atoms with van der Waals surface area (Å²) in [7, 11) is 0. The Morgan fingerprint density at radius 3 is 1.11 bits per heavy atom. The van der Waals surface area contributed by atoms with Gasteiger partial charge in [-0.25, -0.2) is 0 Å². The van der Waals surface area contributed by atoms with Gasteiger partial charge in [-0.1, -0.05) is 28.7 Å². The van der Waals surface area contributed by atoms with Crippen LogP contribution in [0, 0.1) is 11.8 Å². The largest absolute Gasteiger partial charge is 0.317 e. The van der Waals surface area contributed by atoms with E-state index in [0.717, 1.165) is 5.92 Å². The zero-order valence-corrected chi connectivity index (χ0v) is 8.49. The predicted molar refractivity (Wildman–Crippen MR) is 42.9 cm³/mol. The van der Waals surface area contributed by atoms with Crippen molar-refractivity contribution < 1.29 is 32.7 Å². The van der Waals surface area contributed by atoms with Crippen LogP contribution in [0.15, 0.2) is 0 Å². The van der Waals surface area contributed by atoms with Gasteiger partial charge < -0.3 is 5.92 Å². The summed E-state index contributed by atoms with van der Waals surface area (Å²) >= 11 is 0. The van der Waals surface area contributed by atoms with Gasteiger partial charge in [-0.3, -0.25) is 0 Å². The van der Waals surface area contributed by atoms with E-state index in [1.165, 1.54) is 5.92 Å². The standard InChI is InChI=1S/C6H13.2CH4.Y/c1-5(2)6(3)4;;;/h5H,1-4H3;2*1H4;/q-1;;;. The van der Waals surface area contributed by atoms with Crippen LogP contribution in [-0.4, -0.2) is 0 Å². The van der Waals surface area contributed by atoms with E-state index >= 15 is 0 Å². The molecule has 9 heavy (non-hydrogen) atoms. The molecule has 57 valence electrons. The first-order chi connectivity index (χ1) is 2.64. The van der Waals surface area contributed by atoms with Crippen LogP contribution >= 0.6 is 0 Å². The first-order valence-electron chi connectivity index (χ1n) is 2.44. The topological polar surface area (TPSA) is 0 Å². The second-order valence-electron chi connectivity index (χ2n) is 2.23. The van der Waals surface area contributed by atoms with E-state index in [1.807, 2.05) is 0 Å². The molecule has 0 N–H and O–H groups in total. The van der Waals surface area contributed by atoms with Crippen LogP contribution < -0.4 is 0 Å². The van der Waals surface area contributed by atoms with Crippen LogP contribution in [0.25, 0.3) is 0 Å². The molecule has 1 radical (unpaired) electrons. The van der Waals surface area contributed by atoms with Gasteiger partial charge >= 0.3 is 0 Å². The van der Waals surface area contributed by atoms with Gasteiger partial charge in [-0.2, -0.15) is 19.8 Å². The minimum absolute atomic E-state index is 0. The van der Waals surface area contributed by atoms with Crippen LogP contribution in [0.3, 0.4) is 0 Å². The summed E-state index contributed by atoms with van der Waals surface area (Å²) in [6.45, 7) is 8.72. The molecule has 0 amide bonds. The van der Waals surface area contributed by atoms with Crippen LogP contribution in [0.2, 0.25) is 0 Å². The molecule has 0 aromatic carbocycles. The smallest absolute Gasteiger partial charge is 0 e. The Bertz CT molecular complexity index is 25.5. The van der Waals surface area contributed by atoms with Crippen molar-refractivity contribution in [2.45, 2.75) is 42.5 Å². The molecular formula is C8H21Y-. The molecule has 0 aromatic rings. The SMILES string of the molecule is C.C.C[C-](C)C(C)C.[Y]. The first-order valence-corrected chi connectivity index (χ1v) is 2.44. The minimum atomic E-state index is 0. The van der Waals surface area contributed by atoms with Crippen molar-refractivity contribution in [3.8, 4) is 0 Å². The average molecular weight is 206 g/mol. The van der Waals surface area contributed by atoms with E-state index in [2.05, 4.69) is 27.7 Å². The summed E-state index contributed by atoms with van der Waals surface area (Å²) in [4.78, 5) is 0. The maximum absolute atomic E-state index is 2.20. The quantitative estimate of drug-likeness (QED) is 0.576. The van der Waals surface area contributed by atoms with Crippen molar-refractivity contribution in [2.24, 2.45) is 5.92 Å². The molecule has 0 spiro atoms. The van der Waals surface area contributed by atoms with Gasteiger partial charge in [0.2, 0.25) is 0 Å². The van der Waals surface area contributed by atoms with E-state index in [4.69, 9.17) is 0 Å². The van der Waals surface area contributed by atoms with E-state index < -0.39 is 0 Å². The normalized spacial score (nSPS) is 7.33. The summed E-state index contributed by atoms with van der Waals surface area (Å²) in [5.41, 5.74) is 0. The summed E-state index contributed by atoms with van der Waals surface area (Å²) in [5, 5.41) is 0. The molecule has 0 saturated heterocycles. The van der Waals surface area contributed by atoms with Crippen LogP contribution in [0.4, 0.5) is 0 Å². The van der Waals surface area contributed by atoms with Gasteiger partial charge in [-0.15, -0.1) is 0 Å². The third kappa shape index (κ3) is 17.6. The van der Waals surface area contributed by atoms with Crippen molar-refractivity contribution >= 4 is 0 Å². The van der Waals surface area contributed by atoms with Crippen molar-refractivity contribution in [3.05, 3.63) is 5.92 Å². The first kappa shape index (κ1) is 22.5. The van der Waals surface area contributed by atoms with E-state index in [1.54, 1.807) is 0 Å². The van der Waals surface area contributed by atoms with E-state index in [-0.39, 0.29) is 47.6 Å². The zero-order valence-electron chi connectivity index (χ0n) is 5.65. The van der Waals surface area contributed by atoms with Gasteiger partial charge in [0.15, 0.2) is 0 Å². The Balaban J connectivity index is -0.0000000417. The molecule has 0 aromatic heterocycles. The van der Waals surface area contributed by atoms with Gasteiger partial charge in [0.25, 0.3) is 0 Å². The number of rotatable bonds is 1. The fraction of sp³-hybridized carbons (Fsp3) is 0.875. The Morgan fingerprint density at radius 1 is 1.00 bits per heavy atom. The Morgan fingerprint density at radius 2 is 1.11 bits per heavy atom. The summed E-state index contributed by atoms with van der Waals surface area (Å²) in [6.07, 6.45) is 0. The molecule has 0 fully saturated rings. The molecule has 0 saturated carbocycles. The van der Waals surface area contributed by atoms with Crippen molar-refractivity contribution in [1.82, 2.24) is 0 Å². The van der Waals surface area contributed by atoms with Crippen LogP contribution in [-0.2, 0) is 32.7 Å². The predicted octanol–water partition coefficient (Wildman–Crippen LogP) is 3.53. The minimum Gasteiger partial charge on any atom is -0.317 e. The maximum Gasteiger partial charge on any atom is 0 e. The monoisotopic (exact) mass is 206 g/mol. The fourth-order valence-electron chi connectivity index (χ4n) is 0. The van der Waals surface area contributed by atoms with Crippen molar-refractivity contribution in [2.75, 3.05) is 0 Å². The summed E-state index contributed by atoms with van der Waals surface area (Å²) in [6, 6.07) is 0. The molecule has 0 heterocycles. The number of hydrogen-bond donors (Lipinski definition) is 0. The van der Waals surface area contributed by atoms with E-state index in [9.17, 15) is 0 Å². The molecule has 0 aliphatic carbocycles. The molecule has 0 bridgehead atoms. The molecule has 0 unspecified atom stereocenters. The molecule has 0 nitrogen and oxygen atoms in total. The summed E-state index contributed by atoms with van der Waals surface area (Å²) < 4.78 is 0. The molecule has 0 aliphatic rings. The average Bonchev–Trinajstić information content (AvgIpc) is 1.36. The fourth-order valence-corrected chi connectivity index (χ4v) is 0. The maximum atomic E-state index is 2.20. The molecule has 0 rings (SSSR count). The Labute approximate surface area is 86.7 Å². The Kier molecular flexibility index (Phi) is 29.6. The third-order valence-electron chi connectivity index (χ3n) is 1.15. The molecule has 0 aliphatic heterocycles. The zero-order chi connectivity index (χ0) is 5.15. The Hall–Kier alpha value is 1.10. The van der Waals surface area contributed by atoms with Crippen molar-refractivity contribution in [3.63, 3.8) is 0 Å². The molecular weight excluding hydrogens is 185 g/mol.